The third-order valence-corrected chi connectivity index (χ3v) is 2.73. The molecule has 18 heavy (non-hydrogen) atoms. The van der Waals surface area contributed by atoms with Gasteiger partial charge in [-0.05, 0) is 32.0 Å². The first-order valence-corrected chi connectivity index (χ1v) is 6.21. The van der Waals surface area contributed by atoms with Crippen LogP contribution in [0.25, 0.3) is 11.0 Å². The maximum atomic E-state index is 12.1. The Labute approximate surface area is 107 Å². The molecule has 0 saturated heterocycles. The zero-order chi connectivity index (χ0) is 13.3. The summed E-state index contributed by atoms with van der Waals surface area (Å²) >= 11 is 0. The largest absolute Gasteiger partial charge is 0.487 e. The van der Waals surface area contributed by atoms with Crippen molar-refractivity contribution in [3.63, 3.8) is 0 Å². The first-order valence-electron chi connectivity index (χ1n) is 6.21. The fourth-order valence-electron chi connectivity index (χ4n) is 1.91. The van der Waals surface area contributed by atoms with E-state index in [1.165, 1.54) is 0 Å². The molecule has 0 aliphatic carbocycles. The molecule has 0 amide bonds. The minimum absolute atomic E-state index is 0.0278. The number of fused-ring (bicyclic) bond motifs is 1. The van der Waals surface area contributed by atoms with E-state index in [1.54, 1.807) is 12.3 Å². The van der Waals surface area contributed by atoms with Crippen molar-refractivity contribution >= 4 is 16.8 Å². The first-order chi connectivity index (χ1) is 8.50. The van der Waals surface area contributed by atoms with Gasteiger partial charge in [0.15, 0.2) is 17.1 Å². The quantitative estimate of drug-likeness (QED) is 0.764. The summed E-state index contributed by atoms with van der Waals surface area (Å²) in [4.78, 5) is 12.1. The Morgan fingerprint density at radius 2 is 1.89 bits per heavy atom. The lowest BCUT2D eigenvalue weighted by molar-refractivity contribution is 0.0941. The van der Waals surface area contributed by atoms with E-state index in [1.807, 2.05) is 39.8 Å². The van der Waals surface area contributed by atoms with Crippen molar-refractivity contribution < 1.29 is 13.9 Å². The van der Waals surface area contributed by atoms with Gasteiger partial charge in [0, 0.05) is 16.9 Å². The Morgan fingerprint density at radius 1 is 1.17 bits per heavy atom. The summed E-state index contributed by atoms with van der Waals surface area (Å²) in [5, 5.41) is 0.826. The highest BCUT2D eigenvalue weighted by atomic mass is 16.5. The zero-order valence-corrected chi connectivity index (χ0v) is 11.2. The third-order valence-electron chi connectivity index (χ3n) is 2.73. The molecule has 2 rings (SSSR count). The fourth-order valence-corrected chi connectivity index (χ4v) is 1.91. The van der Waals surface area contributed by atoms with E-state index in [-0.39, 0.29) is 17.8 Å². The predicted molar refractivity (Wildman–Crippen MR) is 71.1 cm³/mol. The second-order valence-electron chi connectivity index (χ2n) is 4.96. The maximum Gasteiger partial charge on any atom is 0.176 e. The molecule has 0 bridgehead atoms. The van der Waals surface area contributed by atoms with Crippen LogP contribution in [0.5, 0.6) is 5.75 Å². The third kappa shape index (κ3) is 2.26. The van der Waals surface area contributed by atoms with Crippen LogP contribution >= 0.6 is 0 Å². The molecule has 0 unspecified atom stereocenters. The van der Waals surface area contributed by atoms with Crippen molar-refractivity contribution in [1.82, 2.24) is 0 Å². The van der Waals surface area contributed by atoms with Crippen molar-refractivity contribution in [2.75, 3.05) is 0 Å². The SMILES string of the molecule is CC(C)Oc1ccc(C(=O)C(C)C)c2ccoc12. The molecule has 1 aromatic carbocycles. The predicted octanol–water partition coefficient (Wildman–Crippen LogP) is 4.06. The van der Waals surface area contributed by atoms with Crippen molar-refractivity contribution in [1.29, 1.82) is 0 Å². The average Bonchev–Trinajstić information content (AvgIpc) is 2.77. The molecule has 1 aromatic heterocycles. The van der Waals surface area contributed by atoms with Gasteiger partial charge < -0.3 is 9.15 Å². The molecule has 3 heteroatoms. The number of carbonyl (C=O) groups is 1. The molecule has 2 aromatic rings. The molecule has 0 N–H and O–H groups in total. The summed E-state index contributed by atoms with van der Waals surface area (Å²) in [7, 11) is 0. The van der Waals surface area contributed by atoms with Crippen LogP contribution < -0.4 is 4.74 Å². The van der Waals surface area contributed by atoms with Crippen molar-refractivity contribution in [2.45, 2.75) is 33.8 Å². The number of hydrogen-bond donors (Lipinski definition) is 0. The molecule has 0 aliphatic heterocycles. The van der Waals surface area contributed by atoms with Crippen LogP contribution in [0.3, 0.4) is 0 Å². The Bertz CT molecular complexity index is 564. The van der Waals surface area contributed by atoms with E-state index in [2.05, 4.69) is 0 Å². The summed E-state index contributed by atoms with van der Waals surface area (Å²) in [6, 6.07) is 5.44. The van der Waals surface area contributed by atoms with Crippen LogP contribution in [-0.4, -0.2) is 11.9 Å². The van der Waals surface area contributed by atoms with Gasteiger partial charge in [0.25, 0.3) is 0 Å². The second-order valence-corrected chi connectivity index (χ2v) is 4.96. The van der Waals surface area contributed by atoms with E-state index < -0.39 is 0 Å². The molecule has 96 valence electrons. The molecule has 0 aliphatic rings. The standard InChI is InChI=1S/C15H18O3/c1-9(2)14(16)11-5-6-13(18-10(3)4)15-12(11)7-8-17-15/h5-10H,1-4H3. The highest BCUT2D eigenvalue weighted by Crippen LogP contribution is 2.31. The summed E-state index contributed by atoms with van der Waals surface area (Å²) in [6.07, 6.45) is 1.67. The zero-order valence-electron chi connectivity index (χ0n) is 11.2. The van der Waals surface area contributed by atoms with Gasteiger partial charge in [-0.2, -0.15) is 0 Å². The lowest BCUT2D eigenvalue weighted by Crippen LogP contribution is -2.09. The molecule has 0 fully saturated rings. The van der Waals surface area contributed by atoms with Gasteiger partial charge in [0.05, 0.1) is 12.4 Å². The van der Waals surface area contributed by atoms with E-state index in [9.17, 15) is 4.79 Å². The van der Waals surface area contributed by atoms with E-state index in [0.717, 1.165) is 5.39 Å². The highest BCUT2D eigenvalue weighted by Gasteiger charge is 2.18. The topological polar surface area (TPSA) is 39.4 Å². The molecule has 0 atom stereocenters. The number of ether oxygens (including phenoxy) is 1. The molecule has 3 nitrogen and oxygen atoms in total. The number of carbonyl (C=O) groups excluding carboxylic acids is 1. The number of benzene rings is 1. The van der Waals surface area contributed by atoms with Gasteiger partial charge in [0.1, 0.15) is 0 Å². The summed E-state index contributed by atoms with van der Waals surface area (Å²) < 4.78 is 11.1. The van der Waals surface area contributed by atoms with Crippen LogP contribution in [0.2, 0.25) is 0 Å². The normalized spacial score (nSPS) is 11.4. The van der Waals surface area contributed by atoms with E-state index in [4.69, 9.17) is 9.15 Å². The van der Waals surface area contributed by atoms with Crippen LogP contribution in [-0.2, 0) is 0 Å². The Balaban J connectivity index is 2.53. The second kappa shape index (κ2) is 4.84. The van der Waals surface area contributed by atoms with E-state index >= 15 is 0 Å². The van der Waals surface area contributed by atoms with Gasteiger partial charge in [-0.1, -0.05) is 13.8 Å². The van der Waals surface area contributed by atoms with Crippen LogP contribution in [0.15, 0.2) is 28.9 Å². The molecule has 0 saturated carbocycles. The molecule has 0 radical (unpaired) electrons. The van der Waals surface area contributed by atoms with Gasteiger partial charge in [-0.15, -0.1) is 0 Å². The van der Waals surface area contributed by atoms with Crippen molar-refractivity contribution in [3.8, 4) is 5.75 Å². The Morgan fingerprint density at radius 3 is 2.50 bits per heavy atom. The van der Waals surface area contributed by atoms with Crippen LogP contribution in [0.4, 0.5) is 0 Å². The highest BCUT2D eigenvalue weighted by molar-refractivity contribution is 6.09. The Kier molecular flexibility index (Phi) is 3.41. The number of rotatable bonds is 4. The minimum Gasteiger partial charge on any atom is -0.487 e. The Hall–Kier alpha value is -1.77. The number of ketones is 1. The first kappa shape index (κ1) is 12.7. The molecular formula is C15H18O3. The smallest absolute Gasteiger partial charge is 0.176 e. The summed E-state index contributed by atoms with van der Waals surface area (Å²) in [6.45, 7) is 7.71. The monoisotopic (exact) mass is 246 g/mol. The average molecular weight is 246 g/mol. The van der Waals surface area contributed by atoms with Crippen molar-refractivity contribution in [2.24, 2.45) is 5.92 Å². The van der Waals surface area contributed by atoms with Gasteiger partial charge in [0.2, 0.25) is 0 Å². The molecule has 1 heterocycles. The number of hydrogen-bond acceptors (Lipinski definition) is 3. The van der Waals surface area contributed by atoms with Gasteiger partial charge in [-0.25, -0.2) is 0 Å². The van der Waals surface area contributed by atoms with E-state index in [0.29, 0.717) is 16.9 Å². The van der Waals surface area contributed by atoms with Crippen molar-refractivity contribution in [3.05, 3.63) is 30.0 Å². The fraction of sp³-hybridized carbons (Fsp3) is 0.400. The lowest BCUT2D eigenvalue weighted by atomic mass is 9.98. The summed E-state index contributed by atoms with van der Waals surface area (Å²) in [5.74, 6) is 0.780. The van der Waals surface area contributed by atoms with Gasteiger partial charge >= 0.3 is 0 Å². The minimum atomic E-state index is -0.0278. The van der Waals surface area contributed by atoms with Crippen LogP contribution in [0, 0.1) is 5.92 Å². The number of furan rings is 1. The lowest BCUT2D eigenvalue weighted by Gasteiger charge is -2.12. The van der Waals surface area contributed by atoms with Crippen LogP contribution in [0.1, 0.15) is 38.1 Å². The maximum absolute atomic E-state index is 12.1. The molecule has 0 spiro atoms. The molecular weight excluding hydrogens is 228 g/mol. The van der Waals surface area contributed by atoms with Gasteiger partial charge in [-0.3, -0.25) is 4.79 Å². The summed E-state index contributed by atoms with van der Waals surface area (Å²) in [5.41, 5.74) is 1.35. The number of Topliss-reactive ketones (excluding diaryl/α,β-unsaturated/α-hetero) is 1.